The minimum absolute atomic E-state index is 0.0464. The molecule has 1 aliphatic rings. The average molecular weight is 382 g/mol. The first-order valence-electron chi connectivity index (χ1n) is 9.68. The van der Waals surface area contributed by atoms with Gasteiger partial charge in [-0.2, -0.15) is 4.98 Å². The van der Waals surface area contributed by atoms with E-state index in [1.54, 1.807) is 0 Å². The second-order valence-corrected chi connectivity index (χ2v) is 7.44. The molecule has 1 saturated heterocycles. The van der Waals surface area contributed by atoms with E-state index in [2.05, 4.69) is 27.1 Å². The molecule has 0 unspecified atom stereocenters. The van der Waals surface area contributed by atoms with E-state index in [4.69, 9.17) is 0 Å². The molecule has 0 saturated carbocycles. The summed E-state index contributed by atoms with van der Waals surface area (Å²) in [6.07, 6.45) is 0. The summed E-state index contributed by atoms with van der Waals surface area (Å²) in [5, 5.41) is 3.90. The van der Waals surface area contributed by atoms with Gasteiger partial charge in [-0.25, -0.2) is 4.52 Å². The predicted molar refractivity (Wildman–Crippen MR) is 109 cm³/mol. The Hall–Kier alpha value is -2.71. The maximum absolute atomic E-state index is 12.6. The van der Waals surface area contributed by atoms with E-state index in [-0.39, 0.29) is 18.0 Å². The second-order valence-electron chi connectivity index (χ2n) is 7.44. The molecule has 3 heterocycles. The van der Waals surface area contributed by atoms with Crippen molar-refractivity contribution in [3.63, 3.8) is 0 Å². The smallest absolute Gasteiger partial charge is 0.273 e. The number of rotatable bonds is 5. The second kappa shape index (κ2) is 7.73. The molecule has 1 fully saturated rings. The number of fused-ring (bicyclic) bond motifs is 3. The lowest BCUT2D eigenvalue weighted by Crippen LogP contribution is -2.47. The third kappa shape index (κ3) is 3.65. The first-order chi connectivity index (χ1) is 13.5. The molecule has 1 amide bonds. The van der Waals surface area contributed by atoms with Crippen LogP contribution in [-0.4, -0.2) is 76.2 Å². The molecule has 4 rings (SSSR count). The fourth-order valence-electron chi connectivity index (χ4n) is 3.84. The first-order valence-corrected chi connectivity index (χ1v) is 9.68. The van der Waals surface area contributed by atoms with E-state index in [9.17, 15) is 9.59 Å². The summed E-state index contributed by atoms with van der Waals surface area (Å²) in [6.45, 7) is 7.75. The fourth-order valence-corrected chi connectivity index (χ4v) is 3.84. The number of aromatic nitrogens is 3. The van der Waals surface area contributed by atoms with Crippen LogP contribution in [-0.2, 0) is 11.3 Å². The molecule has 2 aromatic heterocycles. The van der Waals surface area contributed by atoms with Crippen molar-refractivity contribution in [2.75, 3.05) is 46.3 Å². The van der Waals surface area contributed by atoms with Gasteiger partial charge in [-0.1, -0.05) is 12.1 Å². The molecule has 0 spiro atoms. The number of carbonyl (C=O) groups is 1. The summed E-state index contributed by atoms with van der Waals surface area (Å²) >= 11 is 0. The zero-order valence-corrected chi connectivity index (χ0v) is 16.4. The summed E-state index contributed by atoms with van der Waals surface area (Å²) < 4.78 is 3.74. The Labute approximate surface area is 163 Å². The predicted octanol–water partition coefficient (Wildman–Crippen LogP) is 0.321. The molecule has 8 nitrogen and oxygen atoms in total. The van der Waals surface area contributed by atoms with Gasteiger partial charge in [0.05, 0.1) is 5.52 Å². The lowest BCUT2D eigenvalue weighted by molar-refractivity contribution is -0.121. The van der Waals surface area contributed by atoms with Crippen molar-refractivity contribution in [2.24, 2.45) is 0 Å². The Morgan fingerprint density at radius 3 is 2.71 bits per heavy atom. The van der Waals surface area contributed by atoms with E-state index in [1.807, 2.05) is 40.4 Å². The number of aryl methyl sites for hydroxylation is 1. The molecule has 0 aliphatic carbocycles. The van der Waals surface area contributed by atoms with Crippen molar-refractivity contribution in [3.05, 3.63) is 46.4 Å². The third-order valence-electron chi connectivity index (χ3n) is 5.39. The van der Waals surface area contributed by atoms with Crippen LogP contribution in [0.2, 0.25) is 0 Å². The van der Waals surface area contributed by atoms with Crippen LogP contribution in [0.5, 0.6) is 0 Å². The van der Waals surface area contributed by atoms with Gasteiger partial charge in [-0.05, 0) is 26.1 Å². The molecule has 3 aromatic rings. The van der Waals surface area contributed by atoms with Gasteiger partial charge in [0.2, 0.25) is 5.91 Å². The standard InChI is InChI=1S/C20H26N6O2/c1-15-13-18(27)22-20-16-5-3-4-6-17(16)25(26(15)20)14-19(28)21-7-8-24-11-9-23(2)10-12-24/h3-6,13H,7-12,14H2,1-2H3,(H,21,28). The lowest BCUT2D eigenvalue weighted by atomic mass is 10.2. The normalized spacial score (nSPS) is 16.1. The van der Waals surface area contributed by atoms with E-state index >= 15 is 0 Å². The highest BCUT2D eigenvalue weighted by molar-refractivity contribution is 5.93. The van der Waals surface area contributed by atoms with Crippen molar-refractivity contribution in [1.29, 1.82) is 0 Å². The van der Waals surface area contributed by atoms with Crippen LogP contribution in [0.3, 0.4) is 0 Å². The highest BCUT2D eigenvalue weighted by Crippen LogP contribution is 2.21. The number of piperazine rings is 1. The van der Waals surface area contributed by atoms with Crippen LogP contribution in [0.4, 0.5) is 0 Å². The van der Waals surface area contributed by atoms with Gasteiger partial charge in [0.15, 0.2) is 5.65 Å². The highest BCUT2D eigenvalue weighted by Gasteiger charge is 2.16. The fraction of sp³-hybridized carbons (Fsp3) is 0.450. The zero-order valence-electron chi connectivity index (χ0n) is 16.4. The van der Waals surface area contributed by atoms with Gasteiger partial charge < -0.3 is 10.2 Å². The van der Waals surface area contributed by atoms with Crippen molar-refractivity contribution in [3.8, 4) is 0 Å². The topological polar surface area (TPSA) is 74.9 Å². The van der Waals surface area contributed by atoms with Gasteiger partial charge in [0, 0.05) is 56.4 Å². The number of nitrogens with zero attached hydrogens (tertiary/aromatic N) is 5. The molecule has 1 N–H and O–H groups in total. The third-order valence-corrected chi connectivity index (χ3v) is 5.39. The molecule has 0 radical (unpaired) electrons. The van der Waals surface area contributed by atoms with E-state index in [1.165, 1.54) is 6.07 Å². The number of amides is 1. The Morgan fingerprint density at radius 1 is 1.18 bits per heavy atom. The molecule has 8 heteroatoms. The van der Waals surface area contributed by atoms with Crippen LogP contribution in [0.1, 0.15) is 5.69 Å². The van der Waals surface area contributed by atoms with Crippen molar-refractivity contribution in [2.45, 2.75) is 13.5 Å². The van der Waals surface area contributed by atoms with E-state index < -0.39 is 0 Å². The van der Waals surface area contributed by atoms with Crippen molar-refractivity contribution in [1.82, 2.24) is 29.3 Å². The van der Waals surface area contributed by atoms with Crippen molar-refractivity contribution >= 4 is 22.5 Å². The molecule has 28 heavy (non-hydrogen) atoms. The Morgan fingerprint density at radius 2 is 1.93 bits per heavy atom. The highest BCUT2D eigenvalue weighted by atomic mass is 16.2. The molecular formula is C20H26N6O2. The minimum Gasteiger partial charge on any atom is -0.353 e. The van der Waals surface area contributed by atoms with Crippen LogP contribution in [0, 0.1) is 6.92 Å². The SMILES string of the molecule is Cc1cc(=O)nc2c3ccccc3n(CC(=O)NCCN3CCN(C)CC3)n12. The number of carbonyl (C=O) groups excluding carboxylic acids is 1. The largest absolute Gasteiger partial charge is 0.353 e. The van der Waals surface area contributed by atoms with Crippen LogP contribution in [0.15, 0.2) is 35.1 Å². The summed E-state index contributed by atoms with van der Waals surface area (Å²) in [5.41, 5.74) is 1.97. The summed E-state index contributed by atoms with van der Waals surface area (Å²) in [7, 11) is 2.13. The first kappa shape index (κ1) is 18.6. The van der Waals surface area contributed by atoms with E-state index in [0.29, 0.717) is 12.2 Å². The van der Waals surface area contributed by atoms with E-state index in [0.717, 1.165) is 49.3 Å². The Kier molecular flexibility index (Phi) is 5.15. The zero-order chi connectivity index (χ0) is 19.7. The molecule has 148 valence electrons. The Bertz CT molecular complexity index is 1060. The van der Waals surface area contributed by atoms with Crippen LogP contribution >= 0.6 is 0 Å². The van der Waals surface area contributed by atoms with Gasteiger partial charge in [-0.3, -0.25) is 19.2 Å². The van der Waals surface area contributed by atoms with Crippen LogP contribution in [0.25, 0.3) is 16.6 Å². The molecule has 0 bridgehead atoms. The van der Waals surface area contributed by atoms with Gasteiger partial charge in [0.25, 0.3) is 5.56 Å². The number of likely N-dealkylation sites (N-methyl/N-ethyl adjacent to an activating group) is 1. The molecule has 1 aromatic carbocycles. The van der Waals surface area contributed by atoms with Gasteiger partial charge in [0.1, 0.15) is 6.54 Å². The summed E-state index contributed by atoms with van der Waals surface area (Å²) in [4.78, 5) is 33.3. The van der Waals surface area contributed by atoms with Gasteiger partial charge >= 0.3 is 0 Å². The number of benzene rings is 1. The molecule has 0 atom stereocenters. The number of hydrogen-bond donors (Lipinski definition) is 1. The number of hydrogen-bond acceptors (Lipinski definition) is 5. The van der Waals surface area contributed by atoms with Gasteiger partial charge in [-0.15, -0.1) is 0 Å². The monoisotopic (exact) mass is 382 g/mol. The van der Waals surface area contributed by atoms with Crippen molar-refractivity contribution < 1.29 is 4.79 Å². The molecular weight excluding hydrogens is 356 g/mol. The lowest BCUT2D eigenvalue weighted by Gasteiger charge is -2.32. The summed E-state index contributed by atoms with van der Waals surface area (Å²) in [6, 6.07) is 9.21. The Balaban J connectivity index is 1.51. The maximum Gasteiger partial charge on any atom is 0.273 e. The number of nitrogens with one attached hydrogen (secondary N) is 1. The quantitative estimate of drug-likeness (QED) is 0.688. The van der Waals surface area contributed by atoms with Crippen LogP contribution < -0.4 is 10.9 Å². The average Bonchev–Trinajstić information content (AvgIpc) is 2.97. The number of para-hydroxylation sites is 1. The molecule has 1 aliphatic heterocycles. The summed E-state index contributed by atoms with van der Waals surface area (Å²) in [5.74, 6) is -0.0464. The maximum atomic E-state index is 12.6. The minimum atomic E-state index is -0.267.